The Balaban J connectivity index is 1.87. The van der Waals surface area contributed by atoms with Gasteiger partial charge < -0.3 is 0 Å². The van der Waals surface area contributed by atoms with Gasteiger partial charge in [0.1, 0.15) is 5.82 Å². The molecule has 0 aliphatic carbocycles. The zero-order chi connectivity index (χ0) is 14.7. The van der Waals surface area contributed by atoms with Crippen LogP contribution in [0.2, 0.25) is 0 Å². The SMILES string of the molecule is O=C(C=Cc1ccc2ccccc2c1)c1ccccc1F. The van der Waals surface area contributed by atoms with E-state index >= 15 is 0 Å². The van der Waals surface area contributed by atoms with E-state index in [1.54, 1.807) is 18.2 Å². The molecule has 0 saturated carbocycles. The van der Waals surface area contributed by atoms with Crippen LogP contribution in [-0.2, 0) is 0 Å². The van der Waals surface area contributed by atoms with E-state index in [-0.39, 0.29) is 11.3 Å². The second-order valence-electron chi connectivity index (χ2n) is 4.78. The Morgan fingerprint density at radius 2 is 1.57 bits per heavy atom. The number of carbonyl (C=O) groups is 1. The average molecular weight is 276 g/mol. The van der Waals surface area contributed by atoms with Gasteiger partial charge in [-0.25, -0.2) is 4.39 Å². The summed E-state index contributed by atoms with van der Waals surface area (Å²) in [6.07, 6.45) is 3.11. The van der Waals surface area contributed by atoms with Crippen molar-refractivity contribution in [2.45, 2.75) is 0 Å². The van der Waals surface area contributed by atoms with Gasteiger partial charge in [0.25, 0.3) is 0 Å². The summed E-state index contributed by atoms with van der Waals surface area (Å²) in [5.41, 5.74) is 1.01. The molecule has 0 unspecified atom stereocenters. The predicted octanol–water partition coefficient (Wildman–Crippen LogP) is 4.88. The third-order valence-electron chi connectivity index (χ3n) is 3.34. The van der Waals surface area contributed by atoms with E-state index in [1.165, 1.54) is 18.2 Å². The summed E-state index contributed by atoms with van der Waals surface area (Å²) in [4.78, 5) is 12.0. The average Bonchev–Trinajstić information content (AvgIpc) is 2.53. The smallest absolute Gasteiger partial charge is 0.188 e. The number of fused-ring (bicyclic) bond motifs is 1. The normalized spacial score (nSPS) is 11.1. The molecule has 0 aliphatic heterocycles. The minimum atomic E-state index is -0.495. The topological polar surface area (TPSA) is 17.1 Å². The molecule has 3 aromatic rings. The van der Waals surface area contributed by atoms with Crippen LogP contribution in [0.5, 0.6) is 0 Å². The summed E-state index contributed by atoms with van der Waals surface area (Å²) < 4.78 is 13.5. The number of benzene rings is 3. The fourth-order valence-electron chi connectivity index (χ4n) is 2.23. The Morgan fingerprint density at radius 3 is 2.38 bits per heavy atom. The molecule has 0 aromatic heterocycles. The van der Waals surface area contributed by atoms with Gasteiger partial charge in [-0.3, -0.25) is 4.79 Å². The van der Waals surface area contributed by atoms with Crippen LogP contribution < -0.4 is 0 Å². The van der Waals surface area contributed by atoms with Crippen molar-refractivity contribution in [3.05, 3.63) is 89.8 Å². The van der Waals surface area contributed by atoms with Gasteiger partial charge in [-0.1, -0.05) is 54.6 Å². The molecule has 1 nitrogen and oxygen atoms in total. The van der Waals surface area contributed by atoms with Crippen LogP contribution in [0.3, 0.4) is 0 Å². The molecule has 3 rings (SSSR count). The Kier molecular flexibility index (Phi) is 3.61. The van der Waals surface area contributed by atoms with Gasteiger partial charge in [-0.05, 0) is 40.6 Å². The number of carbonyl (C=O) groups excluding carboxylic acids is 1. The quantitative estimate of drug-likeness (QED) is 0.492. The van der Waals surface area contributed by atoms with E-state index in [0.717, 1.165) is 16.3 Å². The van der Waals surface area contributed by atoms with Crippen LogP contribution >= 0.6 is 0 Å². The molecule has 3 aromatic carbocycles. The van der Waals surface area contributed by atoms with Crippen molar-refractivity contribution in [3.8, 4) is 0 Å². The number of rotatable bonds is 3. The molecular formula is C19H13FO. The van der Waals surface area contributed by atoms with Crippen LogP contribution in [0, 0.1) is 5.82 Å². The number of hydrogen-bond donors (Lipinski definition) is 0. The van der Waals surface area contributed by atoms with Gasteiger partial charge in [0.05, 0.1) is 5.56 Å². The largest absolute Gasteiger partial charge is 0.289 e. The molecule has 0 spiro atoms. The van der Waals surface area contributed by atoms with Gasteiger partial charge in [-0.15, -0.1) is 0 Å². The minimum Gasteiger partial charge on any atom is -0.289 e. The maximum Gasteiger partial charge on any atom is 0.188 e. The summed E-state index contributed by atoms with van der Waals surface area (Å²) in [7, 11) is 0. The van der Waals surface area contributed by atoms with Crippen LogP contribution in [0.15, 0.2) is 72.8 Å². The van der Waals surface area contributed by atoms with Crippen molar-refractivity contribution >= 4 is 22.6 Å². The van der Waals surface area contributed by atoms with Crippen LogP contribution in [0.1, 0.15) is 15.9 Å². The zero-order valence-electron chi connectivity index (χ0n) is 11.3. The summed E-state index contributed by atoms with van der Waals surface area (Å²) in [6, 6.07) is 20.0. The highest BCUT2D eigenvalue weighted by Gasteiger charge is 2.06. The van der Waals surface area contributed by atoms with E-state index < -0.39 is 5.82 Å². The summed E-state index contributed by atoms with van der Waals surface area (Å²) in [5, 5.41) is 2.26. The molecule has 2 heteroatoms. The second-order valence-corrected chi connectivity index (χ2v) is 4.78. The minimum absolute atomic E-state index is 0.0922. The Bertz CT molecular complexity index is 834. The molecule has 0 amide bonds. The summed E-state index contributed by atoms with van der Waals surface area (Å²) in [6.45, 7) is 0. The fraction of sp³-hybridized carbons (Fsp3) is 0. The Labute approximate surface area is 122 Å². The molecular weight excluding hydrogens is 263 g/mol. The molecule has 0 bridgehead atoms. The molecule has 0 radical (unpaired) electrons. The molecule has 0 fully saturated rings. The lowest BCUT2D eigenvalue weighted by Gasteiger charge is -2.00. The molecule has 0 N–H and O–H groups in total. The number of hydrogen-bond acceptors (Lipinski definition) is 1. The highest BCUT2D eigenvalue weighted by Crippen LogP contribution is 2.17. The van der Waals surface area contributed by atoms with E-state index in [1.807, 2.05) is 42.5 Å². The maximum atomic E-state index is 13.5. The number of allylic oxidation sites excluding steroid dienone is 1. The van der Waals surface area contributed by atoms with Crippen molar-refractivity contribution in [1.29, 1.82) is 0 Å². The lowest BCUT2D eigenvalue weighted by molar-refractivity contribution is 0.104. The van der Waals surface area contributed by atoms with Crippen molar-refractivity contribution in [3.63, 3.8) is 0 Å². The molecule has 0 aliphatic rings. The third kappa shape index (κ3) is 2.90. The van der Waals surface area contributed by atoms with E-state index in [2.05, 4.69) is 0 Å². The molecule has 21 heavy (non-hydrogen) atoms. The summed E-state index contributed by atoms with van der Waals surface area (Å²) in [5.74, 6) is -0.827. The van der Waals surface area contributed by atoms with Gasteiger partial charge in [0.2, 0.25) is 0 Å². The van der Waals surface area contributed by atoms with E-state index in [4.69, 9.17) is 0 Å². The first-order valence-corrected chi connectivity index (χ1v) is 6.70. The second kappa shape index (κ2) is 5.71. The standard InChI is InChI=1S/C19H13FO/c20-18-8-4-3-7-17(18)19(21)12-10-14-9-11-15-5-1-2-6-16(15)13-14/h1-13H. The van der Waals surface area contributed by atoms with Gasteiger partial charge in [0, 0.05) is 0 Å². The summed E-state index contributed by atoms with van der Waals surface area (Å²) >= 11 is 0. The molecule has 0 heterocycles. The molecule has 0 atom stereocenters. The Morgan fingerprint density at radius 1 is 0.857 bits per heavy atom. The van der Waals surface area contributed by atoms with Crippen LogP contribution in [-0.4, -0.2) is 5.78 Å². The number of ketones is 1. The highest BCUT2D eigenvalue weighted by atomic mass is 19.1. The van der Waals surface area contributed by atoms with E-state index in [9.17, 15) is 9.18 Å². The molecule has 0 saturated heterocycles. The third-order valence-corrected chi connectivity index (χ3v) is 3.34. The lowest BCUT2D eigenvalue weighted by atomic mass is 10.1. The van der Waals surface area contributed by atoms with Crippen LogP contribution in [0.25, 0.3) is 16.8 Å². The Hall–Kier alpha value is -2.74. The zero-order valence-corrected chi connectivity index (χ0v) is 11.3. The first-order valence-electron chi connectivity index (χ1n) is 6.70. The predicted molar refractivity (Wildman–Crippen MR) is 83.7 cm³/mol. The lowest BCUT2D eigenvalue weighted by Crippen LogP contribution is -1.97. The van der Waals surface area contributed by atoms with Crippen LogP contribution in [0.4, 0.5) is 4.39 Å². The van der Waals surface area contributed by atoms with Gasteiger partial charge in [-0.2, -0.15) is 0 Å². The van der Waals surface area contributed by atoms with Crippen molar-refractivity contribution in [1.82, 2.24) is 0 Å². The van der Waals surface area contributed by atoms with Gasteiger partial charge >= 0.3 is 0 Å². The van der Waals surface area contributed by atoms with E-state index in [0.29, 0.717) is 0 Å². The fourth-order valence-corrected chi connectivity index (χ4v) is 2.23. The van der Waals surface area contributed by atoms with Crippen molar-refractivity contribution in [2.24, 2.45) is 0 Å². The number of halogens is 1. The first kappa shape index (κ1) is 13.3. The highest BCUT2D eigenvalue weighted by molar-refractivity contribution is 6.07. The maximum absolute atomic E-state index is 13.5. The monoisotopic (exact) mass is 276 g/mol. The van der Waals surface area contributed by atoms with Crippen molar-refractivity contribution < 1.29 is 9.18 Å². The van der Waals surface area contributed by atoms with Gasteiger partial charge in [0.15, 0.2) is 5.78 Å². The van der Waals surface area contributed by atoms with Crippen molar-refractivity contribution in [2.75, 3.05) is 0 Å². The first-order chi connectivity index (χ1) is 10.2. The molecule has 102 valence electrons.